The average molecular weight is 356 g/mol. The molecule has 2 bridgehead atoms. The largest absolute Gasteiger partial charge is 0.508 e. The van der Waals surface area contributed by atoms with Crippen molar-refractivity contribution in [3.05, 3.63) is 54.0 Å². The van der Waals surface area contributed by atoms with Crippen LogP contribution in [-0.4, -0.2) is 59.7 Å². The molecule has 0 unspecified atom stereocenters. The van der Waals surface area contributed by atoms with E-state index < -0.39 is 0 Å². The second kappa shape index (κ2) is 7.51. The molecule has 1 aromatic carbocycles. The zero-order valence-corrected chi connectivity index (χ0v) is 14.7. The van der Waals surface area contributed by atoms with Crippen molar-refractivity contribution in [1.29, 1.82) is 0 Å². The third-order valence-electron chi connectivity index (χ3n) is 5.19. The maximum atomic E-state index is 12.8. The predicted molar refractivity (Wildman–Crippen MR) is 95.6 cm³/mol. The minimum atomic E-state index is 0.137. The molecule has 2 fully saturated rings. The molecule has 0 radical (unpaired) electrons. The minimum absolute atomic E-state index is 0.137. The van der Waals surface area contributed by atoms with Crippen LogP contribution < -0.4 is 0 Å². The highest BCUT2D eigenvalue weighted by Crippen LogP contribution is 2.23. The van der Waals surface area contributed by atoms with Crippen molar-refractivity contribution in [2.45, 2.75) is 19.0 Å². The number of phenolic OH excluding ortho intramolecular Hbond substituents is 1. The van der Waals surface area contributed by atoms with Crippen molar-refractivity contribution < 1.29 is 19.1 Å². The molecular formula is C20H24N2O4. The summed E-state index contributed by atoms with van der Waals surface area (Å²) in [6.45, 7) is 4.51. The van der Waals surface area contributed by atoms with Gasteiger partial charge in [-0.2, -0.15) is 0 Å². The van der Waals surface area contributed by atoms with E-state index in [1.54, 1.807) is 36.8 Å². The molecule has 6 heteroatoms. The average Bonchev–Trinajstić information content (AvgIpc) is 2.96. The molecule has 4 rings (SSSR count). The fourth-order valence-electron chi connectivity index (χ4n) is 3.84. The second-order valence-electron chi connectivity index (χ2n) is 7.26. The molecule has 2 aromatic rings. The van der Waals surface area contributed by atoms with Crippen molar-refractivity contribution in [2.75, 3.05) is 32.8 Å². The second-order valence-corrected chi connectivity index (χ2v) is 7.26. The number of furan rings is 1. The van der Waals surface area contributed by atoms with Crippen molar-refractivity contribution in [3.63, 3.8) is 0 Å². The quantitative estimate of drug-likeness (QED) is 0.906. The summed E-state index contributed by atoms with van der Waals surface area (Å²) in [6, 6.07) is 9.05. The molecular weight excluding hydrogens is 332 g/mol. The maximum Gasteiger partial charge on any atom is 0.227 e. The van der Waals surface area contributed by atoms with Crippen LogP contribution in [0.1, 0.15) is 11.1 Å². The van der Waals surface area contributed by atoms with Gasteiger partial charge in [-0.1, -0.05) is 12.1 Å². The fraction of sp³-hybridized carbons (Fsp3) is 0.450. The summed E-state index contributed by atoms with van der Waals surface area (Å²) in [5.74, 6) is 0.675. The number of nitrogens with zero attached hydrogens (tertiary/aromatic N) is 2. The highest BCUT2D eigenvalue weighted by Gasteiger charge is 2.35. The number of hydrogen-bond donors (Lipinski definition) is 1. The lowest BCUT2D eigenvalue weighted by atomic mass is 10.1. The van der Waals surface area contributed by atoms with E-state index in [0.29, 0.717) is 32.1 Å². The topological polar surface area (TPSA) is 66.2 Å². The van der Waals surface area contributed by atoms with E-state index in [-0.39, 0.29) is 17.7 Å². The van der Waals surface area contributed by atoms with Crippen LogP contribution >= 0.6 is 0 Å². The predicted octanol–water partition coefficient (Wildman–Crippen LogP) is 1.89. The number of ether oxygens (including phenoxy) is 1. The summed E-state index contributed by atoms with van der Waals surface area (Å²) < 4.78 is 11.0. The number of fused-ring (bicyclic) bond motifs is 3. The van der Waals surface area contributed by atoms with Crippen LogP contribution in [0.4, 0.5) is 0 Å². The first kappa shape index (κ1) is 17.1. The SMILES string of the molecule is O=C(Cc1ccc(O)cc1)N1C[C@@H]2COC[C@H](C1)N(Cc1ccoc1)C2. The molecule has 0 spiro atoms. The van der Waals surface area contributed by atoms with Gasteiger partial charge in [0.1, 0.15) is 5.75 Å². The molecule has 2 atom stereocenters. The Balaban J connectivity index is 1.45. The Kier molecular flexibility index (Phi) is 4.95. The summed E-state index contributed by atoms with van der Waals surface area (Å²) in [7, 11) is 0. The van der Waals surface area contributed by atoms with Gasteiger partial charge in [0.15, 0.2) is 0 Å². The van der Waals surface area contributed by atoms with Crippen molar-refractivity contribution in [2.24, 2.45) is 5.92 Å². The Morgan fingerprint density at radius 1 is 1.08 bits per heavy atom. The molecule has 1 N–H and O–H groups in total. The number of benzene rings is 1. The van der Waals surface area contributed by atoms with Crippen LogP contribution in [0.2, 0.25) is 0 Å². The van der Waals surface area contributed by atoms with Gasteiger partial charge in [0, 0.05) is 37.7 Å². The third kappa shape index (κ3) is 3.92. The van der Waals surface area contributed by atoms with E-state index in [4.69, 9.17) is 9.15 Å². The van der Waals surface area contributed by atoms with E-state index >= 15 is 0 Å². The Bertz CT molecular complexity index is 729. The normalized spacial score (nSPS) is 23.6. The molecule has 1 amide bonds. The molecule has 2 aliphatic heterocycles. The number of rotatable bonds is 4. The summed E-state index contributed by atoms with van der Waals surface area (Å²) in [5.41, 5.74) is 2.08. The van der Waals surface area contributed by atoms with Gasteiger partial charge in [-0.3, -0.25) is 9.69 Å². The first-order valence-electron chi connectivity index (χ1n) is 9.06. The van der Waals surface area contributed by atoms with Gasteiger partial charge in [0.05, 0.1) is 38.2 Å². The molecule has 0 aliphatic carbocycles. The first-order valence-corrected chi connectivity index (χ1v) is 9.06. The van der Waals surface area contributed by atoms with E-state index in [1.807, 2.05) is 11.0 Å². The molecule has 6 nitrogen and oxygen atoms in total. The van der Waals surface area contributed by atoms with Crippen molar-refractivity contribution >= 4 is 5.91 Å². The van der Waals surface area contributed by atoms with Crippen LogP contribution in [0.3, 0.4) is 0 Å². The lowest BCUT2D eigenvalue weighted by Crippen LogP contribution is -2.46. The Morgan fingerprint density at radius 2 is 1.92 bits per heavy atom. The molecule has 26 heavy (non-hydrogen) atoms. The van der Waals surface area contributed by atoms with Gasteiger partial charge >= 0.3 is 0 Å². The van der Waals surface area contributed by atoms with E-state index in [2.05, 4.69) is 4.90 Å². The number of carbonyl (C=O) groups excluding carboxylic acids is 1. The van der Waals surface area contributed by atoms with Crippen LogP contribution in [0, 0.1) is 5.92 Å². The van der Waals surface area contributed by atoms with Crippen LogP contribution in [0.25, 0.3) is 0 Å². The van der Waals surface area contributed by atoms with Crippen molar-refractivity contribution in [3.8, 4) is 5.75 Å². The molecule has 138 valence electrons. The van der Waals surface area contributed by atoms with Gasteiger partial charge in [0.2, 0.25) is 5.91 Å². The maximum absolute atomic E-state index is 12.8. The zero-order chi connectivity index (χ0) is 17.9. The molecule has 3 heterocycles. The van der Waals surface area contributed by atoms with Gasteiger partial charge in [0.25, 0.3) is 0 Å². The van der Waals surface area contributed by atoms with E-state index in [9.17, 15) is 9.90 Å². The zero-order valence-electron chi connectivity index (χ0n) is 14.7. The lowest BCUT2D eigenvalue weighted by Gasteiger charge is -2.31. The Morgan fingerprint density at radius 3 is 2.69 bits per heavy atom. The Hall–Kier alpha value is -2.31. The van der Waals surface area contributed by atoms with Crippen LogP contribution in [-0.2, 0) is 22.5 Å². The van der Waals surface area contributed by atoms with E-state index in [0.717, 1.165) is 30.8 Å². The standard InChI is InChI=1S/C20H24N2O4/c23-19-3-1-15(2-4-19)7-20(24)22-10-17-9-21(8-16-5-6-25-12-16)18(11-22)14-26-13-17/h1-6,12,17-18,23H,7-11,13-14H2/t17-,18+/m1/s1. The minimum Gasteiger partial charge on any atom is -0.508 e. The third-order valence-corrected chi connectivity index (χ3v) is 5.19. The number of amides is 1. The molecule has 0 saturated carbocycles. The molecule has 2 saturated heterocycles. The summed E-state index contributed by atoms with van der Waals surface area (Å²) in [6.07, 6.45) is 3.84. The summed E-state index contributed by atoms with van der Waals surface area (Å²) >= 11 is 0. The van der Waals surface area contributed by atoms with Gasteiger partial charge in [-0.05, 0) is 23.8 Å². The van der Waals surface area contributed by atoms with E-state index in [1.165, 1.54) is 0 Å². The summed E-state index contributed by atoms with van der Waals surface area (Å²) in [5, 5.41) is 9.40. The Labute approximate surface area is 153 Å². The van der Waals surface area contributed by atoms with Gasteiger partial charge in [-0.25, -0.2) is 0 Å². The van der Waals surface area contributed by atoms with Gasteiger partial charge < -0.3 is 19.2 Å². The van der Waals surface area contributed by atoms with Crippen LogP contribution in [0.5, 0.6) is 5.75 Å². The number of carbonyl (C=O) groups is 1. The van der Waals surface area contributed by atoms with Gasteiger partial charge in [-0.15, -0.1) is 0 Å². The molecule has 2 aliphatic rings. The van der Waals surface area contributed by atoms with Crippen LogP contribution in [0.15, 0.2) is 47.3 Å². The fourth-order valence-corrected chi connectivity index (χ4v) is 3.84. The monoisotopic (exact) mass is 356 g/mol. The highest BCUT2D eigenvalue weighted by molar-refractivity contribution is 5.79. The number of hydrogen-bond acceptors (Lipinski definition) is 5. The summed E-state index contributed by atoms with van der Waals surface area (Å²) in [4.78, 5) is 17.2. The smallest absolute Gasteiger partial charge is 0.227 e. The number of aromatic hydroxyl groups is 1. The first-order chi connectivity index (χ1) is 12.7. The van der Waals surface area contributed by atoms with Crippen molar-refractivity contribution in [1.82, 2.24) is 9.80 Å². The number of phenols is 1. The lowest BCUT2D eigenvalue weighted by molar-refractivity contribution is -0.132. The highest BCUT2D eigenvalue weighted by atomic mass is 16.5. The molecule has 1 aromatic heterocycles.